The van der Waals surface area contributed by atoms with E-state index in [1.165, 1.54) is 6.08 Å². The topological polar surface area (TPSA) is 84.9 Å². The molecule has 0 bridgehead atoms. The van der Waals surface area contributed by atoms with Crippen LogP contribution in [0.25, 0.3) is 0 Å². The first kappa shape index (κ1) is 14.8. The zero-order chi connectivity index (χ0) is 14.6. The van der Waals surface area contributed by atoms with Crippen LogP contribution in [0.5, 0.6) is 0 Å². The monoisotopic (exact) mass is 283 g/mol. The summed E-state index contributed by atoms with van der Waals surface area (Å²) in [5.41, 5.74) is 0.0584. The van der Waals surface area contributed by atoms with E-state index in [4.69, 9.17) is 14.6 Å². The van der Waals surface area contributed by atoms with Crippen molar-refractivity contribution in [1.29, 1.82) is 0 Å². The van der Waals surface area contributed by atoms with Crippen LogP contribution in [0, 0.1) is 11.3 Å². The molecule has 1 atom stereocenters. The van der Waals surface area contributed by atoms with E-state index in [9.17, 15) is 9.59 Å². The Balaban J connectivity index is 1.64. The first-order chi connectivity index (χ1) is 9.54. The highest BCUT2D eigenvalue weighted by atomic mass is 16.5. The summed E-state index contributed by atoms with van der Waals surface area (Å²) < 4.78 is 10.5. The smallest absolute Gasteiger partial charge is 0.407 e. The second-order valence-electron chi connectivity index (χ2n) is 5.68. The van der Waals surface area contributed by atoms with Gasteiger partial charge in [0.15, 0.2) is 0 Å². The van der Waals surface area contributed by atoms with Gasteiger partial charge >= 0.3 is 12.1 Å². The van der Waals surface area contributed by atoms with Crippen molar-refractivity contribution < 1.29 is 24.2 Å². The molecular weight excluding hydrogens is 262 g/mol. The van der Waals surface area contributed by atoms with Crippen LogP contribution in [-0.2, 0) is 14.3 Å². The van der Waals surface area contributed by atoms with Crippen LogP contribution in [0.3, 0.4) is 0 Å². The number of ether oxygens (including phenoxy) is 2. The summed E-state index contributed by atoms with van der Waals surface area (Å²) in [5, 5.41) is 11.6. The normalized spacial score (nSPS) is 32.2. The highest BCUT2D eigenvalue weighted by Gasteiger charge is 2.49. The molecule has 20 heavy (non-hydrogen) atoms. The second-order valence-corrected chi connectivity index (χ2v) is 5.68. The Morgan fingerprint density at radius 3 is 2.80 bits per heavy atom. The number of carbonyl (C=O) groups is 2. The van der Waals surface area contributed by atoms with Crippen molar-refractivity contribution in [2.75, 3.05) is 19.8 Å². The standard InChI is InChI=1S/C14H21NO5/c1-2-5-19-13(18)15-8-11-3-4-14(9-20-11)6-10(7-14)12(16)17/h2,10-11H,1,3-9H2,(H,15,18)(H,16,17). The van der Waals surface area contributed by atoms with Crippen LogP contribution in [0.4, 0.5) is 4.79 Å². The van der Waals surface area contributed by atoms with Crippen molar-refractivity contribution >= 4 is 12.1 Å². The fraction of sp³-hybridized carbons (Fsp3) is 0.714. The van der Waals surface area contributed by atoms with Crippen LogP contribution < -0.4 is 5.32 Å². The van der Waals surface area contributed by atoms with Gasteiger partial charge in [-0.2, -0.15) is 0 Å². The highest BCUT2D eigenvalue weighted by molar-refractivity contribution is 5.71. The fourth-order valence-electron chi connectivity index (χ4n) is 2.94. The van der Waals surface area contributed by atoms with E-state index in [1.807, 2.05) is 0 Å². The number of nitrogens with one attached hydrogen (secondary N) is 1. The van der Waals surface area contributed by atoms with Crippen molar-refractivity contribution in [3.05, 3.63) is 12.7 Å². The van der Waals surface area contributed by atoms with Gasteiger partial charge in [0.05, 0.1) is 18.6 Å². The van der Waals surface area contributed by atoms with Gasteiger partial charge in [0.25, 0.3) is 0 Å². The van der Waals surface area contributed by atoms with Crippen LogP contribution in [0.2, 0.25) is 0 Å². The number of rotatable bonds is 5. The predicted molar refractivity (Wildman–Crippen MR) is 71.3 cm³/mol. The van der Waals surface area contributed by atoms with Gasteiger partial charge in [0.2, 0.25) is 0 Å². The summed E-state index contributed by atoms with van der Waals surface area (Å²) >= 11 is 0. The molecule has 1 spiro atoms. The molecule has 1 unspecified atom stereocenters. The zero-order valence-electron chi connectivity index (χ0n) is 11.5. The van der Waals surface area contributed by atoms with Crippen molar-refractivity contribution in [1.82, 2.24) is 5.32 Å². The number of alkyl carbamates (subject to hydrolysis) is 1. The van der Waals surface area contributed by atoms with Gasteiger partial charge in [0.1, 0.15) is 6.61 Å². The molecular formula is C14H21NO5. The van der Waals surface area contributed by atoms with E-state index in [1.54, 1.807) is 0 Å². The lowest BCUT2D eigenvalue weighted by Gasteiger charge is -2.49. The molecule has 2 aliphatic rings. The van der Waals surface area contributed by atoms with Gasteiger partial charge in [-0.05, 0) is 31.1 Å². The highest BCUT2D eigenvalue weighted by Crippen LogP contribution is 2.51. The fourth-order valence-corrected chi connectivity index (χ4v) is 2.94. The lowest BCUT2D eigenvalue weighted by atomic mass is 9.59. The Morgan fingerprint density at radius 2 is 2.25 bits per heavy atom. The maximum atomic E-state index is 11.3. The summed E-state index contributed by atoms with van der Waals surface area (Å²) in [5.74, 6) is -0.911. The number of carbonyl (C=O) groups excluding carboxylic acids is 1. The zero-order valence-corrected chi connectivity index (χ0v) is 11.5. The largest absolute Gasteiger partial charge is 0.481 e. The summed E-state index contributed by atoms with van der Waals surface area (Å²) in [4.78, 5) is 22.1. The lowest BCUT2D eigenvalue weighted by Crippen LogP contribution is -2.49. The van der Waals surface area contributed by atoms with Gasteiger partial charge in [-0.15, -0.1) is 0 Å². The lowest BCUT2D eigenvalue weighted by molar-refractivity contribution is -0.161. The molecule has 0 aromatic heterocycles. The molecule has 0 aromatic carbocycles. The first-order valence-corrected chi connectivity index (χ1v) is 6.90. The van der Waals surface area contributed by atoms with E-state index >= 15 is 0 Å². The molecule has 1 amide bonds. The third kappa shape index (κ3) is 3.50. The third-order valence-electron chi connectivity index (χ3n) is 4.14. The third-order valence-corrected chi connectivity index (χ3v) is 4.14. The molecule has 6 heteroatoms. The predicted octanol–water partition coefficient (Wildman–Crippen LogP) is 1.56. The van der Waals surface area contributed by atoms with Crippen LogP contribution in [0.1, 0.15) is 25.7 Å². The van der Waals surface area contributed by atoms with Crippen molar-refractivity contribution in [3.63, 3.8) is 0 Å². The van der Waals surface area contributed by atoms with E-state index in [0.717, 1.165) is 12.8 Å². The number of hydrogen-bond acceptors (Lipinski definition) is 4. The Labute approximate surface area is 118 Å². The van der Waals surface area contributed by atoms with Crippen LogP contribution in [-0.4, -0.2) is 43.0 Å². The minimum absolute atomic E-state index is 0.0132. The molecule has 1 saturated carbocycles. The molecule has 0 aromatic rings. The molecule has 0 radical (unpaired) electrons. The summed E-state index contributed by atoms with van der Waals surface area (Å²) in [7, 11) is 0. The average molecular weight is 283 g/mol. The van der Waals surface area contributed by atoms with Crippen molar-refractivity contribution in [3.8, 4) is 0 Å². The maximum absolute atomic E-state index is 11.3. The SMILES string of the molecule is C=CCOC(=O)NCC1CCC2(CO1)CC(C(=O)O)C2. The van der Waals surface area contributed by atoms with E-state index < -0.39 is 12.1 Å². The second kappa shape index (κ2) is 6.26. The van der Waals surface area contributed by atoms with E-state index in [0.29, 0.717) is 26.0 Å². The maximum Gasteiger partial charge on any atom is 0.407 e. The van der Waals surface area contributed by atoms with Gasteiger partial charge in [-0.1, -0.05) is 12.7 Å². The van der Waals surface area contributed by atoms with Gasteiger partial charge < -0.3 is 19.9 Å². The Bertz CT molecular complexity index is 379. The molecule has 1 heterocycles. The molecule has 1 aliphatic heterocycles. The molecule has 2 fully saturated rings. The molecule has 6 nitrogen and oxygen atoms in total. The number of carboxylic acids is 1. The summed E-state index contributed by atoms with van der Waals surface area (Å²) in [6, 6.07) is 0. The summed E-state index contributed by atoms with van der Waals surface area (Å²) in [6.07, 6.45) is 4.26. The van der Waals surface area contributed by atoms with Gasteiger partial charge in [-0.3, -0.25) is 4.79 Å². The molecule has 2 N–H and O–H groups in total. The number of aliphatic carboxylic acids is 1. The van der Waals surface area contributed by atoms with Gasteiger partial charge in [-0.25, -0.2) is 4.79 Å². The summed E-state index contributed by atoms with van der Waals surface area (Å²) in [6.45, 7) is 4.67. The first-order valence-electron chi connectivity index (χ1n) is 6.90. The Morgan fingerprint density at radius 1 is 1.50 bits per heavy atom. The Hall–Kier alpha value is -1.56. The Kier molecular flexibility index (Phi) is 4.65. The quantitative estimate of drug-likeness (QED) is 0.748. The minimum atomic E-state index is -0.704. The molecule has 112 valence electrons. The van der Waals surface area contributed by atoms with E-state index in [2.05, 4.69) is 11.9 Å². The van der Waals surface area contributed by atoms with Crippen molar-refractivity contribution in [2.24, 2.45) is 11.3 Å². The number of amides is 1. The molecule has 1 aliphatic carbocycles. The van der Waals surface area contributed by atoms with E-state index in [-0.39, 0.29) is 24.0 Å². The van der Waals surface area contributed by atoms with Crippen LogP contribution >= 0.6 is 0 Å². The molecule has 2 rings (SSSR count). The van der Waals surface area contributed by atoms with Gasteiger partial charge in [0, 0.05) is 6.54 Å². The van der Waals surface area contributed by atoms with Crippen LogP contribution in [0.15, 0.2) is 12.7 Å². The minimum Gasteiger partial charge on any atom is -0.481 e. The molecule has 1 saturated heterocycles. The average Bonchev–Trinajstić information content (AvgIpc) is 2.40. The number of hydrogen-bond donors (Lipinski definition) is 2. The van der Waals surface area contributed by atoms with Crippen molar-refractivity contribution in [2.45, 2.75) is 31.8 Å². The number of carboxylic acid groups (broad SMARTS) is 1.